The Bertz CT molecular complexity index is 161. The Morgan fingerprint density at radius 1 is 1.31 bits per heavy atom. The van der Waals surface area contributed by atoms with Gasteiger partial charge in [0.05, 0.1) is 0 Å². The highest BCUT2D eigenvalue weighted by Crippen LogP contribution is 2.62. The lowest BCUT2D eigenvalue weighted by Gasteiger charge is -2.21. The number of hydrogen-bond donors (Lipinski definition) is 0. The lowest BCUT2D eigenvalue weighted by Crippen LogP contribution is -2.13. The molecule has 0 amide bonds. The molecule has 4 atom stereocenters. The molecular formula is C13H26. The highest BCUT2D eigenvalue weighted by Gasteiger charge is 2.54. The molecule has 13 heavy (non-hydrogen) atoms. The van der Waals surface area contributed by atoms with Gasteiger partial charge in [-0.2, -0.15) is 0 Å². The standard InChI is InChI=1S/C13H26/c1-6-8-10(3)12-9-13(12,5)11(4)7-2/h10-12H,6-9H2,1-5H3. The molecule has 1 saturated carbocycles. The fraction of sp³-hybridized carbons (Fsp3) is 1.00. The first-order valence-corrected chi connectivity index (χ1v) is 6.06. The average molecular weight is 182 g/mol. The molecule has 0 heteroatoms. The fourth-order valence-corrected chi connectivity index (χ4v) is 2.96. The molecule has 78 valence electrons. The zero-order valence-electron chi connectivity index (χ0n) is 10.1. The molecule has 0 radical (unpaired) electrons. The molecule has 0 aromatic rings. The van der Waals surface area contributed by atoms with Crippen LogP contribution in [-0.2, 0) is 0 Å². The van der Waals surface area contributed by atoms with E-state index >= 15 is 0 Å². The van der Waals surface area contributed by atoms with Crippen LogP contribution in [0.25, 0.3) is 0 Å². The second-order valence-electron chi connectivity index (χ2n) is 5.39. The predicted molar refractivity (Wildman–Crippen MR) is 59.7 cm³/mol. The van der Waals surface area contributed by atoms with E-state index in [4.69, 9.17) is 0 Å². The van der Waals surface area contributed by atoms with E-state index in [0.29, 0.717) is 5.41 Å². The Hall–Kier alpha value is 0. The third kappa shape index (κ3) is 2.08. The van der Waals surface area contributed by atoms with Gasteiger partial charge in [0.2, 0.25) is 0 Å². The van der Waals surface area contributed by atoms with Gasteiger partial charge in [0.15, 0.2) is 0 Å². The number of rotatable bonds is 5. The van der Waals surface area contributed by atoms with E-state index in [1.807, 2.05) is 0 Å². The minimum atomic E-state index is 0.698. The van der Waals surface area contributed by atoms with E-state index in [1.54, 1.807) is 0 Å². The second kappa shape index (κ2) is 4.02. The van der Waals surface area contributed by atoms with E-state index in [-0.39, 0.29) is 0 Å². The van der Waals surface area contributed by atoms with Crippen LogP contribution in [0.15, 0.2) is 0 Å². The van der Waals surface area contributed by atoms with E-state index in [2.05, 4.69) is 34.6 Å². The molecule has 1 fully saturated rings. The van der Waals surface area contributed by atoms with Gasteiger partial charge in [-0.05, 0) is 29.6 Å². The van der Waals surface area contributed by atoms with Crippen molar-refractivity contribution in [3.05, 3.63) is 0 Å². The van der Waals surface area contributed by atoms with Gasteiger partial charge in [0, 0.05) is 0 Å². The Morgan fingerprint density at radius 2 is 1.92 bits per heavy atom. The molecule has 4 unspecified atom stereocenters. The molecule has 0 nitrogen and oxygen atoms in total. The quantitative estimate of drug-likeness (QED) is 0.587. The Labute approximate surface area is 84.1 Å². The van der Waals surface area contributed by atoms with Crippen molar-refractivity contribution in [2.24, 2.45) is 23.2 Å². The molecule has 0 heterocycles. The van der Waals surface area contributed by atoms with Crippen molar-refractivity contribution in [2.45, 2.75) is 60.3 Å². The molecule has 0 spiro atoms. The minimum Gasteiger partial charge on any atom is -0.0654 e. The summed E-state index contributed by atoms with van der Waals surface area (Å²) in [5, 5.41) is 0. The maximum Gasteiger partial charge on any atom is -0.0266 e. The summed E-state index contributed by atoms with van der Waals surface area (Å²) < 4.78 is 0. The summed E-state index contributed by atoms with van der Waals surface area (Å²) in [5.41, 5.74) is 0.698. The van der Waals surface area contributed by atoms with Crippen molar-refractivity contribution >= 4 is 0 Å². The second-order valence-corrected chi connectivity index (χ2v) is 5.39. The van der Waals surface area contributed by atoms with Crippen LogP contribution >= 0.6 is 0 Å². The topological polar surface area (TPSA) is 0 Å². The van der Waals surface area contributed by atoms with Crippen molar-refractivity contribution in [3.63, 3.8) is 0 Å². The minimum absolute atomic E-state index is 0.698. The normalized spacial score (nSPS) is 37.2. The Kier molecular flexibility index (Phi) is 3.43. The van der Waals surface area contributed by atoms with Crippen LogP contribution in [-0.4, -0.2) is 0 Å². The van der Waals surface area contributed by atoms with Gasteiger partial charge in [0.25, 0.3) is 0 Å². The van der Waals surface area contributed by atoms with Crippen LogP contribution < -0.4 is 0 Å². The van der Waals surface area contributed by atoms with Crippen LogP contribution in [0, 0.1) is 23.2 Å². The van der Waals surface area contributed by atoms with Crippen LogP contribution in [0.1, 0.15) is 60.3 Å². The van der Waals surface area contributed by atoms with Gasteiger partial charge in [-0.25, -0.2) is 0 Å². The summed E-state index contributed by atoms with van der Waals surface area (Å²) in [6.07, 6.45) is 5.62. The summed E-state index contributed by atoms with van der Waals surface area (Å²) in [7, 11) is 0. The van der Waals surface area contributed by atoms with Crippen LogP contribution in [0.5, 0.6) is 0 Å². The maximum atomic E-state index is 2.50. The third-order valence-corrected chi connectivity index (χ3v) is 4.52. The highest BCUT2D eigenvalue weighted by atomic mass is 14.6. The number of hydrogen-bond acceptors (Lipinski definition) is 0. The van der Waals surface area contributed by atoms with Gasteiger partial charge in [-0.3, -0.25) is 0 Å². The summed E-state index contributed by atoms with van der Waals surface area (Å²) in [6.45, 7) is 12.0. The largest absolute Gasteiger partial charge is 0.0654 e. The van der Waals surface area contributed by atoms with Gasteiger partial charge >= 0.3 is 0 Å². The van der Waals surface area contributed by atoms with Crippen LogP contribution in [0.3, 0.4) is 0 Å². The smallest absolute Gasteiger partial charge is 0.0266 e. The molecule has 0 N–H and O–H groups in total. The van der Waals surface area contributed by atoms with Crippen LogP contribution in [0.2, 0.25) is 0 Å². The van der Waals surface area contributed by atoms with Gasteiger partial charge in [-0.1, -0.05) is 53.9 Å². The zero-order chi connectivity index (χ0) is 10.1. The SMILES string of the molecule is CCCC(C)C1CC1(C)C(C)CC. The lowest BCUT2D eigenvalue weighted by molar-refractivity contribution is 0.280. The molecule has 0 aliphatic heterocycles. The summed E-state index contributed by atoms with van der Waals surface area (Å²) in [6, 6.07) is 0. The Balaban J connectivity index is 2.42. The highest BCUT2D eigenvalue weighted by molar-refractivity contribution is 5.03. The van der Waals surface area contributed by atoms with Gasteiger partial charge < -0.3 is 0 Å². The summed E-state index contributed by atoms with van der Waals surface area (Å²) in [4.78, 5) is 0. The fourth-order valence-electron chi connectivity index (χ4n) is 2.96. The molecule has 0 aromatic carbocycles. The van der Waals surface area contributed by atoms with E-state index in [0.717, 1.165) is 17.8 Å². The summed E-state index contributed by atoms with van der Waals surface area (Å²) >= 11 is 0. The predicted octanol–water partition coefficient (Wildman–Crippen LogP) is 4.49. The Morgan fingerprint density at radius 3 is 2.38 bits per heavy atom. The van der Waals surface area contributed by atoms with E-state index in [9.17, 15) is 0 Å². The van der Waals surface area contributed by atoms with E-state index < -0.39 is 0 Å². The van der Waals surface area contributed by atoms with Gasteiger partial charge in [-0.15, -0.1) is 0 Å². The van der Waals surface area contributed by atoms with Crippen molar-refractivity contribution in [1.82, 2.24) is 0 Å². The lowest BCUT2D eigenvalue weighted by atomic mass is 9.84. The first-order chi connectivity index (χ1) is 6.06. The molecule has 0 saturated heterocycles. The monoisotopic (exact) mass is 182 g/mol. The maximum absolute atomic E-state index is 2.50. The van der Waals surface area contributed by atoms with Crippen molar-refractivity contribution in [1.29, 1.82) is 0 Å². The molecule has 1 aliphatic rings. The first kappa shape index (κ1) is 11.1. The molecular weight excluding hydrogens is 156 g/mol. The van der Waals surface area contributed by atoms with Gasteiger partial charge in [0.1, 0.15) is 0 Å². The molecule has 1 aliphatic carbocycles. The van der Waals surface area contributed by atoms with Crippen molar-refractivity contribution < 1.29 is 0 Å². The zero-order valence-corrected chi connectivity index (χ0v) is 10.1. The summed E-state index contributed by atoms with van der Waals surface area (Å²) in [5.74, 6) is 2.92. The van der Waals surface area contributed by atoms with Crippen molar-refractivity contribution in [2.75, 3.05) is 0 Å². The van der Waals surface area contributed by atoms with E-state index in [1.165, 1.54) is 25.7 Å². The molecule has 0 bridgehead atoms. The first-order valence-electron chi connectivity index (χ1n) is 6.06. The van der Waals surface area contributed by atoms with Crippen molar-refractivity contribution in [3.8, 4) is 0 Å². The average Bonchev–Trinajstić information content (AvgIpc) is 2.79. The molecule has 1 rings (SSSR count). The van der Waals surface area contributed by atoms with Crippen LogP contribution in [0.4, 0.5) is 0 Å². The molecule has 0 aromatic heterocycles. The third-order valence-electron chi connectivity index (χ3n) is 4.52.